The lowest BCUT2D eigenvalue weighted by molar-refractivity contribution is -0.137. The summed E-state index contributed by atoms with van der Waals surface area (Å²) in [5, 5.41) is 0.678. The van der Waals surface area contributed by atoms with Crippen molar-refractivity contribution in [3.05, 3.63) is 71.5 Å². The van der Waals surface area contributed by atoms with Crippen LogP contribution >= 0.6 is 11.5 Å². The van der Waals surface area contributed by atoms with Gasteiger partial charge in [-0.05, 0) is 23.8 Å². The van der Waals surface area contributed by atoms with E-state index in [9.17, 15) is 18.0 Å². The van der Waals surface area contributed by atoms with E-state index in [0.29, 0.717) is 43.4 Å². The number of amides is 1. The van der Waals surface area contributed by atoms with Gasteiger partial charge in [-0.3, -0.25) is 4.79 Å². The SMILES string of the molecule is CN(CC(=O)N1CCN(c2cccc(C(F)(F)F)c2)CC1)c1nc(Cc2ccccc2)ns1. The second-order valence-corrected chi connectivity index (χ2v) is 8.66. The number of halogens is 3. The predicted octanol–water partition coefficient (Wildman–Crippen LogP) is 3.93. The number of anilines is 2. The lowest BCUT2D eigenvalue weighted by atomic mass is 10.1. The van der Waals surface area contributed by atoms with E-state index in [-0.39, 0.29) is 12.5 Å². The number of carbonyl (C=O) groups is 1. The lowest BCUT2D eigenvalue weighted by Gasteiger charge is -2.36. The summed E-state index contributed by atoms with van der Waals surface area (Å²) in [5.74, 6) is 0.677. The van der Waals surface area contributed by atoms with Crippen molar-refractivity contribution < 1.29 is 18.0 Å². The minimum absolute atomic E-state index is 0.0407. The Labute approximate surface area is 194 Å². The molecule has 0 atom stereocenters. The summed E-state index contributed by atoms with van der Waals surface area (Å²) in [7, 11) is 1.81. The van der Waals surface area contributed by atoms with E-state index in [4.69, 9.17) is 0 Å². The lowest BCUT2D eigenvalue weighted by Crippen LogP contribution is -2.51. The second kappa shape index (κ2) is 9.78. The number of benzene rings is 2. The molecule has 0 saturated carbocycles. The van der Waals surface area contributed by atoms with Crippen LogP contribution in [0.2, 0.25) is 0 Å². The van der Waals surface area contributed by atoms with Gasteiger partial charge in [0, 0.05) is 56.9 Å². The standard InChI is InChI=1S/C23H24F3N5OS/c1-29(22-27-20(28-33-22)14-17-6-3-2-4-7-17)16-21(32)31-12-10-30(11-13-31)19-9-5-8-18(15-19)23(24,25)26/h2-9,15H,10-14,16H2,1H3. The Morgan fingerprint density at radius 1 is 1.06 bits per heavy atom. The van der Waals surface area contributed by atoms with Crippen molar-refractivity contribution in [2.24, 2.45) is 0 Å². The quantitative estimate of drug-likeness (QED) is 0.541. The third kappa shape index (κ3) is 5.81. The summed E-state index contributed by atoms with van der Waals surface area (Å²) < 4.78 is 43.4. The first-order chi connectivity index (χ1) is 15.8. The number of alkyl halides is 3. The molecule has 2 aromatic carbocycles. The van der Waals surface area contributed by atoms with Gasteiger partial charge in [-0.1, -0.05) is 36.4 Å². The summed E-state index contributed by atoms with van der Waals surface area (Å²) in [6.07, 6.45) is -3.74. The van der Waals surface area contributed by atoms with E-state index in [0.717, 1.165) is 23.5 Å². The minimum atomic E-state index is -4.37. The van der Waals surface area contributed by atoms with Gasteiger partial charge in [0.05, 0.1) is 12.1 Å². The van der Waals surface area contributed by atoms with Crippen LogP contribution < -0.4 is 9.80 Å². The molecule has 0 N–H and O–H groups in total. The average molecular weight is 476 g/mol. The number of hydrogen-bond acceptors (Lipinski definition) is 6. The van der Waals surface area contributed by atoms with Crippen LogP contribution in [0.4, 0.5) is 24.0 Å². The number of aromatic nitrogens is 2. The van der Waals surface area contributed by atoms with Gasteiger partial charge in [-0.15, -0.1) is 0 Å². The van der Waals surface area contributed by atoms with Crippen LogP contribution in [0.1, 0.15) is 17.0 Å². The van der Waals surface area contributed by atoms with Gasteiger partial charge in [-0.25, -0.2) is 4.98 Å². The summed E-state index contributed by atoms with van der Waals surface area (Å²) in [5.41, 5.74) is 0.983. The Balaban J connectivity index is 1.30. The van der Waals surface area contributed by atoms with Crippen molar-refractivity contribution in [1.82, 2.24) is 14.3 Å². The van der Waals surface area contributed by atoms with Gasteiger partial charge in [0.1, 0.15) is 5.82 Å². The van der Waals surface area contributed by atoms with Crippen molar-refractivity contribution in [3.8, 4) is 0 Å². The molecule has 10 heteroatoms. The molecule has 0 radical (unpaired) electrons. The van der Waals surface area contributed by atoms with E-state index in [2.05, 4.69) is 9.36 Å². The first-order valence-electron chi connectivity index (χ1n) is 10.6. The molecule has 33 heavy (non-hydrogen) atoms. The van der Waals surface area contributed by atoms with E-state index < -0.39 is 11.7 Å². The number of nitrogens with zero attached hydrogens (tertiary/aromatic N) is 5. The fourth-order valence-corrected chi connectivity index (χ4v) is 4.36. The smallest absolute Gasteiger partial charge is 0.368 e. The topological polar surface area (TPSA) is 52.6 Å². The highest BCUT2D eigenvalue weighted by atomic mass is 32.1. The predicted molar refractivity (Wildman–Crippen MR) is 123 cm³/mol. The van der Waals surface area contributed by atoms with Crippen LogP contribution in [-0.4, -0.2) is 59.9 Å². The normalized spacial score (nSPS) is 14.4. The van der Waals surface area contributed by atoms with E-state index in [1.165, 1.54) is 17.6 Å². The van der Waals surface area contributed by atoms with Crippen LogP contribution in [0.5, 0.6) is 0 Å². The third-order valence-corrected chi connectivity index (χ3v) is 6.40. The molecule has 1 aliphatic heterocycles. The zero-order chi connectivity index (χ0) is 23.4. The first kappa shape index (κ1) is 23.0. The van der Waals surface area contributed by atoms with Gasteiger partial charge >= 0.3 is 6.18 Å². The number of likely N-dealkylation sites (N-methyl/N-ethyl adjacent to an activating group) is 1. The highest BCUT2D eigenvalue weighted by Gasteiger charge is 2.31. The minimum Gasteiger partial charge on any atom is -0.368 e. The van der Waals surface area contributed by atoms with E-state index in [1.54, 1.807) is 15.9 Å². The number of piperazine rings is 1. The molecule has 2 heterocycles. The summed E-state index contributed by atoms with van der Waals surface area (Å²) in [4.78, 5) is 22.7. The fourth-order valence-electron chi connectivity index (χ4n) is 3.71. The van der Waals surface area contributed by atoms with Crippen molar-refractivity contribution >= 4 is 28.3 Å². The molecule has 0 unspecified atom stereocenters. The van der Waals surface area contributed by atoms with Crippen LogP contribution in [0.3, 0.4) is 0 Å². The zero-order valence-electron chi connectivity index (χ0n) is 18.1. The molecule has 1 aromatic heterocycles. The molecule has 3 aromatic rings. The Bertz CT molecular complexity index is 1080. The second-order valence-electron chi connectivity index (χ2n) is 7.93. The average Bonchev–Trinajstić information content (AvgIpc) is 3.28. The highest BCUT2D eigenvalue weighted by Crippen LogP contribution is 2.32. The van der Waals surface area contributed by atoms with Crippen molar-refractivity contribution in [2.45, 2.75) is 12.6 Å². The zero-order valence-corrected chi connectivity index (χ0v) is 18.9. The van der Waals surface area contributed by atoms with Crippen molar-refractivity contribution in [3.63, 3.8) is 0 Å². The molecule has 174 valence electrons. The first-order valence-corrected chi connectivity index (χ1v) is 11.3. The molecule has 4 rings (SSSR count). The maximum Gasteiger partial charge on any atom is 0.416 e. The number of hydrogen-bond donors (Lipinski definition) is 0. The summed E-state index contributed by atoms with van der Waals surface area (Å²) in [6.45, 7) is 2.05. The molecule has 0 spiro atoms. The van der Waals surface area contributed by atoms with Gasteiger partial charge in [-0.2, -0.15) is 17.5 Å². The molecule has 1 aliphatic rings. The van der Waals surface area contributed by atoms with Crippen LogP contribution in [0.25, 0.3) is 0 Å². The van der Waals surface area contributed by atoms with Crippen LogP contribution in [-0.2, 0) is 17.4 Å². The van der Waals surface area contributed by atoms with E-state index in [1.807, 2.05) is 42.3 Å². The number of rotatable bonds is 6. The maximum atomic E-state index is 13.0. The Kier molecular flexibility index (Phi) is 6.83. The van der Waals surface area contributed by atoms with Crippen molar-refractivity contribution in [2.75, 3.05) is 49.6 Å². The van der Waals surface area contributed by atoms with Gasteiger partial charge in [0.25, 0.3) is 0 Å². The molecule has 1 fully saturated rings. The molecule has 1 saturated heterocycles. The third-order valence-electron chi connectivity index (χ3n) is 5.53. The Morgan fingerprint density at radius 3 is 2.48 bits per heavy atom. The van der Waals surface area contributed by atoms with E-state index >= 15 is 0 Å². The fraction of sp³-hybridized carbons (Fsp3) is 0.348. The van der Waals surface area contributed by atoms with Gasteiger partial charge in [0.15, 0.2) is 0 Å². The molecular formula is C23H24F3N5OS. The molecular weight excluding hydrogens is 451 g/mol. The number of carbonyl (C=O) groups excluding carboxylic acids is 1. The summed E-state index contributed by atoms with van der Waals surface area (Å²) in [6, 6.07) is 15.3. The molecule has 6 nitrogen and oxygen atoms in total. The maximum absolute atomic E-state index is 13.0. The van der Waals surface area contributed by atoms with Gasteiger partial charge < -0.3 is 14.7 Å². The van der Waals surface area contributed by atoms with Crippen molar-refractivity contribution in [1.29, 1.82) is 0 Å². The Morgan fingerprint density at radius 2 is 1.79 bits per heavy atom. The molecule has 0 aliphatic carbocycles. The van der Waals surface area contributed by atoms with Gasteiger partial charge in [0.2, 0.25) is 11.0 Å². The monoisotopic (exact) mass is 475 g/mol. The Hall–Kier alpha value is -3.14. The molecule has 0 bridgehead atoms. The molecule has 1 amide bonds. The van der Waals surface area contributed by atoms with Crippen LogP contribution in [0.15, 0.2) is 54.6 Å². The summed E-state index contributed by atoms with van der Waals surface area (Å²) >= 11 is 1.26. The largest absolute Gasteiger partial charge is 0.416 e. The highest BCUT2D eigenvalue weighted by molar-refractivity contribution is 7.09. The van der Waals surface area contributed by atoms with Crippen LogP contribution in [0, 0.1) is 0 Å².